The molecule has 0 aliphatic heterocycles. The normalized spacial score (nSPS) is 22.6. The number of hydrogen-bond acceptors (Lipinski definition) is 6. The van der Waals surface area contributed by atoms with E-state index in [-0.39, 0.29) is 37.9 Å². The van der Waals surface area contributed by atoms with Crippen molar-refractivity contribution in [1.29, 1.82) is 0 Å². The number of rotatable bonds is 10. The predicted octanol–water partition coefficient (Wildman–Crippen LogP) is 4.10. The molecule has 0 aromatic heterocycles. The highest BCUT2D eigenvalue weighted by Crippen LogP contribution is 2.58. The molecule has 3 rings (SSSR count). The number of carbonyl (C=O) groups is 4. The molecule has 0 radical (unpaired) electrons. The van der Waals surface area contributed by atoms with E-state index in [1.165, 1.54) is 23.7 Å². The number of fused-ring (bicyclic) bond motifs is 5. The van der Waals surface area contributed by atoms with Crippen LogP contribution in [0.4, 0.5) is 0 Å². The Morgan fingerprint density at radius 3 is 1.44 bits per heavy atom. The third-order valence-electron chi connectivity index (χ3n) is 6.92. The predicted molar refractivity (Wildman–Crippen MR) is 140 cm³/mol. The summed E-state index contributed by atoms with van der Waals surface area (Å²) in [5.74, 6) is 3.66. The summed E-state index contributed by atoms with van der Waals surface area (Å²) in [6, 6.07) is 0. The van der Waals surface area contributed by atoms with Gasteiger partial charge in [0.1, 0.15) is 13.2 Å². The fraction of sp³-hybridized carbons (Fsp3) is 0.714. The average molecular weight is 507 g/mol. The lowest BCUT2D eigenvalue weighted by Crippen LogP contribution is -2.24. The molecule has 4 atom stereocenters. The molecule has 4 unspecified atom stereocenters. The monoisotopic (exact) mass is 506 g/mol. The van der Waals surface area contributed by atoms with Gasteiger partial charge in [-0.1, -0.05) is 19.6 Å². The van der Waals surface area contributed by atoms with Crippen LogP contribution >= 0.6 is 0 Å². The van der Waals surface area contributed by atoms with Crippen LogP contribution in [0.25, 0.3) is 0 Å². The van der Waals surface area contributed by atoms with Crippen LogP contribution in [0.5, 0.6) is 0 Å². The zero-order chi connectivity index (χ0) is 27.1. The van der Waals surface area contributed by atoms with E-state index in [1.54, 1.807) is 52.4 Å². The van der Waals surface area contributed by atoms with Crippen molar-refractivity contribution in [2.24, 2.45) is 23.7 Å². The van der Waals surface area contributed by atoms with Gasteiger partial charge in [-0.3, -0.25) is 9.59 Å². The first-order valence-electron chi connectivity index (χ1n) is 13.3. The standard InChI is InChI=1S/C10H16.2C9H15NO3/c1-2-9-7-4-5-8(6-7)10(9)3-1;2*1-4-10-8(11)5-6-13-9(12)7(2)3/h7-10H,1-6H2;2*2,4-6H2,1,3H3,(H,10,11). The van der Waals surface area contributed by atoms with E-state index in [2.05, 4.69) is 23.8 Å². The van der Waals surface area contributed by atoms with Gasteiger partial charge in [-0.15, -0.1) is 0 Å². The van der Waals surface area contributed by atoms with E-state index >= 15 is 0 Å². The SMILES string of the molecule is C1CC2C3CCC(C3)C2C1.C=C(C)C(=O)OCCC(=O)NCC.C=C(C)C(=O)OCCC(=O)NCC. The van der Waals surface area contributed by atoms with E-state index in [4.69, 9.17) is 9.47 Å². The second kappa shape index (κ2) is 16.9. The molecule has 3 saturated carbocycles. The Labute approximate surface area is 216 Å². The molecular weight excluding hydrogens is 460 g/mol. The Hall–Kier alpha value is -2.64. The van der Waals surface area contributed by atoms with Crippen molar-refractivity contribution in [3.8, 4) is 0 Å². The average Bonchev–Trinajstić information content (AvgIpc) is 3.55. The first kappa shape index (κ1) is 31.4. The molecule has 0 spiro atoms. The number of hydrogen-bond donors (Lipinski definition) is 2. The lowest BCUT2D eigenvalue weighted by atomic mass is 9.82. The molecule has 3 aliphatic rings. The van der Waals surface area contributed by atoms with Crippen LogP contribution in [0, 0.1) is 23.7 Å². The first-order valence-corrected chi connectivity index (χ1v) is 13.3. The second-order valence-electron chi connectivity index (χ2n) is 9.83. The summed E-state index contributed by atoms with van der Waals surface area (Å²) in [4.78, 5) is 43.4. The molecule has 2 bridgehead atoms. The van der Waals surface area contributed by atoms with Gasteiger partial charge in [0.05, 0.1) is 12.8 Å². The van der Waals surface area contributed by atoms with E-state index < -0.39 is 11.9 Å². The fourth-order valence-electron chi connectivity index (χ4n) is 5.31. The minimum absolute atomic E-state index is 0.109. The summed E-state index contributed by atoms with van der Waals surface area (Å²) in [5, 5.41) is 5.19. The zero-order valence-electron chi connectivity index (χ0n) is 22.7. The van der Waals surface area contributed by atoms with Crippen LogP contribution in [0.2, 0.25) is 0 Å². The minimum atomic E-state index is -0.454. The summed E-state index contributed by atoms with van der Waals surface area (Å²) in [7, 11) is 0. The summed E-state index contributed by atoms with van der Waals surface area (Å²) in [6.45, 7) is 15.0. The molecule has 0 heterocycles. The molecule has 36 heavy (non-hydrogen) atoms. The lowest BCUT2D eigenvalue weighted by molar-refractivity contribution is -0.141. The van der Waals surface area contributed by atoms with Crippen LogP contribution in [0.15, 0.2) is 24.3 Å². The smallest absolute Gasteiger partial charge is 0.333 e. The van der Waals surface area contributed by atoms with Gasteiger partial charge in [0.2, 0.25) is 11.8 Å². The molecule has 2 amide bonds. The highest BCUT2D eigenvalue weighted by atomic mass is 16.5. The van der Waals surface area contributed by atoms with Gasteiger partial charge < -0.3 is 20.1 Å². The van der Waals surface area contributed by atoms with Crippen LogP contribution in [-0.2, 0) is 28.7 Å². The van der Waals surface area contributed by atoms with Gasteiger partial charge in [0.15, 0.2) is 0 Å². The van der Waals surface area contributed by atoms with Crippen molar-refractivity contribution in [1.82, 2.24) is 10.6 Å². The number of amides is 2. The van der Waals surface area contributed by atoms with Crippen LogP contribution in [0.1, 0.15) is 79.1 Å². The summed E-state index contributed by atoms with van der Waals surface area (Å²) >= 11 is 0. The third kappa shape index (κ3) is 11.4. The second-order valence-corrected chi connectivity index (χ2v) is 9.83. The molecule has 0 aromatic rings. The van der Waals surface area contributed by atoms with Crippen molar-refractivity contribution >= 4 is 23.8 Å². The summed E-state index contributed by atoms with van der Waals surface area (Å²) in [6.07, 6.45) is 9.94. The molecule has 204 valence electrons. The first-order chi connectivity index (χ1) is 17.1. The Bertz CT molecular complexity index is 716. The molecule has 2 N–H and O–H groups in total. The van der Waals surface area contributed by atoms with Gasteiger partial charge in [-0.2, -0.15) is 0 Å². The maximum absolute atomic E-state index is 10.9. The summed E-state index contributed by atoms with van der Waals surface area (Å²) in [5.41, 5.74) is 0.687. The van der Waals surface area contributed by atoms with E-state index in [0.29, 0.717) is 24.2 Å². The van der Waals surface area contributed by atoms with Crippen molar-refractivity contribution in [3.05, 3.63) is 24.3 Å². The molecule has 0 saturated heterocycles. The number of ether oxygens (including phenoxy) is 2. The molecular formula is C28H46N2O6. The number of carbonyl (C=O) groups excluding carboxylic acids is 4. The Kier molecular flexibility index (Phi) is 14.8. The quantitative estimate of drug-likeness (QED) is 0.341. The van der Waals surface area contributed by atoms with Crippen molar-refractivity contribution in [2.45, 2.75) is 79.1 Å². The summed E-state index contributed by atoms with van der Waals surface area (Å²) < 4.78 is 9.44. The van der Waals surface area contributed by atoms with Gasteiger partial charge >= 0.3 is 11.9 Å². The van der Waals surface area contributed by atoms with Crippen molar-refractivity contribution in [3.63, 3.8) is 0 Å². The topological polar surface area (TPSA) is 111 Å². The maximum Gasteiger partial charge on any atom is 0.333 e. The van der Waals surface area contributed by atoms with E-state index in [1.807, 2.05) is 13.8 Å². The molecule has 0 aromatic carbocycles. The Balaban J connectivity index is 0.000000271. The van der Waals surface area contributed by atoms with Crippen LogP contribution < -0.4 is 10.6 Å². The Morgan fingerprint density at radius 2 is 1.11 bits per heavy atom. The highest BCUT2D eigenvalue weighted by Gasteiger charge is 2.48. The van der Waals surface area contributed by atoms with Gasteiger partial charge in [-0.25, -0.2) is 9.59 Å². The van der Waals surface area contributed by atoms with E-state index in [9.17, 15) is 19.2 Å². The lowest BCUT2D eigenvalue weighted by Gasteiger charge is -2.23. The van der Waals surface area contributed by atoms with Crippen LogP contribution in [-0.4, -0.2) is 50.1 Å². The molecule has 3 aliphatic carbocycles. The third-order valence-corrected chi connectivity index (χ3v) is 6.92. The number of esters is 2. The van der Waals surface area contributed by atoms with Gasteiger partial charge in [-0.05, 0) is 83.5 Å². The zero-order valence-corrected chi connectivity index (χ0v) is 22.7. The Morgan fingerprint density at radius 1 is 0.722 bits per heavy atom. The van der Waals surface area contributed by atoms with Gasteiger partial charge in [0, 0.05) is 24.2 Å². The largest absolute Gasteiger partial charge is 0.462 e. The van der Waals surface area contributed by atoms with Crippen LogP contribution in [0.3, 0.4) is 0 Å². The van der Waals surface area contributed by atoms with Crippen molar-refractivity contribution in [2.75, 3.05) is 26.3 Å². The highest BCUT2D eigenvalue weighted by molar-refractivity contribution is 5.87. The number of nitrogens with one attached hydrogen (secondary N) is 2. The van der Waals surface area contributed by atoms with Gasteiger partial charge in [0.25, 0.3) is 0 Å². The molecule has 8 nitrogen and oxygen atoms in total. The fourth-order valence-corrected chi connectivity index (χ4v) is 5.31. The molecule has 8 heteroatoms. The van der Waals surface area contributed by atoms with E-state index in [0.717, 1.165) is 0 Å². The molecule has 3 fully saturated rings. The van der Waals surface area contributed by atoms with Crippen molar-refractivity contribution < 1.29 is 28.7 Å². The minimum Gasteiger partial charge on any atom is -0.462 e. The maximum atomic E-state index is 10.9.